The highest BCUT2D eigenvalue weighted by Gasteiger charge is 2.10. The number of hydrogen-bond acceptors (Lipinski definition) is 4. The zero-order chi connectivity index (χ0) is 15.1. The lowest BCUT2D eigenvalue weighted by molar-refractivity contribution is 0.280. The summed E-state index contributed by atoms with van der Waals surface area (Å²) in [5, 5.41) is 3.33. The molecule has 0 aliphatic rings. The number of benzene rings is 1. The monoisotopic (exact) mass is 289 g/mol. The van der Waals surface area contributed by atoms with Crippen LogP contribution in [0.1, 0.15) is 37.7 Å². The van der Waals surface area contributed by atoms with Crippen LogP contribution >= 0.6 is 0 Å². The van der Waals surface area contributed by atoms with E-state index in [2.05, 4.69) is 22.2 Å². The van der Waals surface area contributed by atoms with Crippen LogP contribution in [-0.2, 0) is 6.61 Å². The van der Waals surface area contributed by atoms with Gasteiger partial charge in [-0.15, -0.1) is 0 Å². The van der Waals surface area contributed by atoms with Gasteiger partial charge in [-0.25, -0.2) is 14.4 Å². The van der Waals surface area contributed by atoms with Crippen molar-refractivity contribution in [3.63, 3.8) is 0 Å². The molecule has 112 valence electrons. The average molecular weight is 289 g/mol. The maximum atomic E-state index is 14.0. The van der Waals surface area contributed by atoms with Crippen LogP contribution in [0.2, 0.25) is 0 Å². The molecule has 0 saturated carbocycles. The number of nitrogens with zero attached hydrogens (tertiary/aromatic N) is 2. The van der Waals surface area contributed by atoms with Gasteiger partial charge in [0.2, 0.25) is 0 Å². The van der Waals surface area contributed by atoms with E-state index in [-0.39, 0.29) is 24.2 Å². The van der Waals surface area contributed by atoms with Crippen molar-refractivity contribution in [1.29, 1.82) is 0 Å². The molecule has 1 aromatic heterocycles. The fraction of sp³-hybridized carbons (Fsp3) is 0.375. The topological polar surface area (TPSA) is 47.0 Å². The van der Waals surface area contributed by atoms with Crippen LogP contribution < -0.4 is 10.1 Å². The van der Waals surface area contributed by atoms with E-state index in [4.69, 9.17) is 4.74 Å². The molecule has 0 amide bonds. The van der Waals surface area contributed by atoms with Gasteiger partial charge in [0.15, 0.2) is 17.4 Å². The van der Waals surface area contributed by atoms with E-state index in [0.29, 0.717) is 5.82 Å². The molecule has 0 fully saturated rings. The molecular weight excluding hydrogens is 269 g/mol. The second-order valence-corrected chi connectivity index (χ2v) is 4.82. The molecule has 0 radical (unpaired) electrons. The Kier molecular flexibility index (Phi) is 5.63. The van der Waals surface area contributed by atoms with Crippen LogP contribution in [0.3, 0.4) is 0 Å². The Bertz CT molecular complexity index is 563. The highest BCUT2D eigenvalue weighted by atomic mass is 19.1. The molecule has 0 aliphatic heterocycles. The van der Waals surface area contributed by atoms with Crippen molar-refractivity contribution in [2.75, 3.05) is 6.54 Å². The van der Waals surface area contributed by atoms with Gasteiger partial charge in [-0.1, -0.05) is 13.0 Å². The predicted octanol–water partition coefficient (Wildman–Crippen LogP) is 3.26. The summed E-state index contributed by atoms with van der Waals surface area (Å²) in [6, 6.07) is 6.87. The molecule has 1 N–H and O–H groups in total. The zero-order valence-electron chi connectivity index (χ0n) is 12.3. The summed E-state index contributed by atoms with van der Waals surface area (Å²) < 4.78 is 19.5. The Balaban J connectivity index is 1.99. The molecule has 0 aliphatic carbocycles. The number of hydrogen-bond donors (Lipinski definition) is 1. The minimum absolute atomic E-state index is 0.117. The lowest BCUT2D eigenvalue weighted by atomic mass is 10.1. The maximum Gasteiger partial charge on any atom is 0.166 e. The quantitative estimate of drug-likeness (QED) is 0.850. The first-order chi connectivity index (χ1) is 10.2. The average Bonchev–Trinajstić information content (AvgIpc) is 2.52. The van der Waals surface area contributed by atoms with Crippen LogP contribution in [0.4, 0.5) is 4.39 Å². The van der Waals surface area contributed by atoms with Gasteiger partial charge >= 0.3 is 0 Å². The fourth-order valence-corrected chi connectivity index (χ4v) is 1.93. The van der Waals surface area contributed by atoms with Crippen molar-refractivity contribution in [2.24, 2.45) is 0 Å². The number of nitrogens with one attached hydrogen (secondary N) is 1. The van der Waals surface area contributed by atoms with E-state index in [1.165, 1.54) is 6.07 Å². The molecule has 0 spiro atoms. The molecule has 0 bridgehead atoms. The lowest BCUT2D eigenvalue weighted by Crippen LogP contribution is -2.19. The molecule has 4 nitrogen and oxygen atoms in total. The standard InChI is InChI=1S/C16H20FN3O/c1-3-7-18-12(2)13-5-6-15(14(17)10-13)21-11-16-19-8-4-9-20-16/h4-6,8-10,12,18H,3,7,11H2,1-2H3. The molecule has 1 aromatic carbocycles. The summed E-state index contributed by atoms with van der Waals surface area (Å²) in [5.41, 5.74) is 0.907. The van der Waals surface area contributed by atoms with Crippen LogP contribution in [-0.4, -0.2) is 16.5 Å². The Morgan fingerprint density at radius 1 is 1.29 bits per heavy atom. The van der Waals surface area contributed by atoms with Crippen LogP contribution in [0, 0.1) is 5.82 Å². The molecule has 5 heteroatoms. The highest BCUT2D eigenvalue weighted by Crippen LogP contribution is 2.22. The Morgan fingerprint density at radius 2 is 2.05 bits per heavy atom. The van der Waals surface area contributed by atoms with Gasteiger partial charge in [0.05, 0.1) is 0 Å². The first-order valence-electron chi connectivity index (χ1n) is 7.12. The van der Waals surface area contributed by atoms with Gasteiger partial charge in [-0.3, -0.25) is 0 Å². The SMILES string of the molecule is CCCNC(C)c1ccc(OCc2ncccn2)c(F)c1. The van der Waals surface area contributed by atoms with Crippen LogP contribution in [0.15, 0.2) is 36.7 Å². The third-order valence-corrected chi connectivity index (χ3v) is 3.13. The van der Waals surface area contributed by atoms with Gasteiger partial charge in [-0.2, -0.15) is 0 Å². The summed E-state index contributed by atoms with van der Waals surface area (Å²) in [6.45, 7) is 5.18. The van der Waals surface area contributed by atoms with E-state index < -0.39 is 0 Å². The minimum atomic E-state index is -0.367. The van der Waals surface area contributed by atoms with Crippen molar-refractivity contribution >= 4 is 0 Å². The molecule has 1 heterocycles. The highest BCUT2D eigenvalue weighted by molar-refractivity contribution is 5.31. The van der Waals surface area contributed by atoms with Crippen molar-refractivity contribution < 1.29 is 9.13 Å². The number of rotatable bonds is 7. The summed E-state index contributed by atoms with van der Waals surface area (Å²) in [4.78, 5) is 8.07. The second kappa shape index (κ2) is 7.69. The van der Waals surface area contributed by atoms with Gasteiger partial charge in [0, 0.05) is 18.4 Å². The van der Waals surface area contributed by atoms with Crippen molar-refractivity contribution in [3.05, 3.63) is 53.9 Å². The number of ether oxygens (including phenoxy) is 1. The summed E-state index contributed by atoms with van der Waals surface area (Å²) in [5.74, 6) is 0.376. The third-order valence-electron chi connectivity index (χ3n) is 3.13. The zero-order valence-corrected chi connectivity index (χ0v) is 12.3. The molecule has 2 aromatic rings. The van der Waals surface area contributed by atoms with E-state index in [1.54, 1.807) is 24.5 Å². The van der Waals surface area contributed by atoms with Crippen molar-refractivity contribution in [1.82, 2.24) is 15.3 Å². The fourth-order valence-electron chi connectivity index (χ4n) is 1.93. The molecule has 21 heavy (non-hydrogen) atoms. The first-order valence-corrected chi connectivity index (χ1v) is 7.12. The smallest absolute Gasteiger partial charge is 0.166 e. The summed E-state index contributed by atoms with van der Waals surface area (Å²) in [6.07, 6.45) is 4.31. The number of aromatic nitrogens is 2. The third kappa shape index (κ3) is 4.49. The van der Waals surface area contributed by atoms with E-state index in [9.17, 15) is 4.39 Å². The second-order valence-electron chi connectivity index (χ2n) is 4.82. The van der Waals surface area contributed by atoms with Gasteiger partial charge in [0.25, 0.3) is 0 Å². The molecule has 0 saturated heterocycles. The Morgan fingerprint density at radius 3 is 2.71 bits per heavy atom. The van der Waals surface area contributed by atoms with Gasteiger partial charge in [-0.05, 0) is 43.7 Å². The van der Waals surface area contributed by atoms with Crippen molar-refractivity contribution in [2.45, 2.75) is 32.9 Å². The minimum Gasteiger partial charge on any atom is -0.483 e. The normalized spacial score (nSPS) is 12.1. The first kappa shape index (κ1) is 15.4. The van der Waals surface area contributed by atoms with E-state index in [1.807, 2.05) is 13.0 Å². The summed E-state index contributed by atoms with van der Waals surface area (Å²) in [7, 11) is 0. The number of halogens is 1. The largest absolute Gasteiger partial charge is 0.483 e. The van der Waals surface area contributed by atoms with E-state index in [0.717, 1.165) is 18.5 Å². The molecule has 2 rings (SSSR count). The Labute approximate surface area is 124 Å². The maximum absolute atomic E-state index is 14.0. The van der Waals surface area contributed by atoms with Crippen LogP contribution in [0.5, 0.6) is 5.75 Å². The lowest BCUT2D eigenvalue weighted by Gasteiger charge is -2.15. The van der Waals surface area contributed by atoms with E-state index >= 15 is 0 Å². The predicted molar refractivity (Wildman–Crippen MR) is 79.5 cm³/mol. The Hall–Kier alpha value is -2.01. The van der Waals surface area contributed by atoms with Crippen LogP contribution in [0.25, 0.3) is 0 Å². The summed E-state index contributed by atoms with van der Waals surface area (Å²) >= 11 is 0. The van der Waals surface area contributed by atoms with Crippen molar-refractivity contribution in [3.8, 4) is 5.75 Å². The van der Waals surface area contributed by atoms with Gasteiger partial charge < -0.3 is 10.1 Å². The molecular formula is C16H20FN3O. The van der Waals surface area contributed by atoms with Gasteiger partial charge in [0.1, 0.15) is 6.61 Å². The molecule has 1 unspecified atom stereocenters. The molecule has 1 atom stereocenters.